The highest BCUT2D eigenvalue weighted by atomic mass is 16.4. The standard InChI is InChI=1S/C25H42O2/c1-3-5-7-8-9-10-11-12-13-14-15-16-17-18-19-21-23-24(25(26)27)22-20-6-4-2/h9-10,12-13,15-16,18-19,24H,3-8,11,14,17,20-23H2,1-2H3,(H,26,27)/b10-9-,13-12-,16-15-,19-18-. The van der Waals surface area contributed by atoms with Crippen LogP contribution in [0.5, 0.6) is 0 Å². The predicted molar refractivity (Wildman–Crippen MR) is 119 cm³/mol. The van der Waals surface area contributed by atoms with Gasteiger partial charge in [-0.1, -0.05) is 94.6 Å². The van der Waals surface area contributed by atoms with Gasteiger partial charge in [-0.3, -0.25) is 4.79 Å². The van der Waals surface area contributed by atoms with Crippen molar-refractivity contribution in [2.24, 2.45) is 5.92 Å². The highest BCUT2D eigenvalue weighted by Gasteiger charge is 2.15. The van der Waals surface area contributed by atoms with Crippen molar-refractivity contribution < 1.29 is 9.90 Å². The molecule has 0 aromatic rings. The highest BCUT2D eigenvalue weighted by Crippen LogP contribution is 2.16. The van der Waals surface area contributed by atoms with Gasteiger partial charge in [-0.2, -0.15) is 0 Å². The summed E-state index contributed by atoms with van der Waals surface area (Å²) in [6, 6.07) is 0. The third-order valence-corrected chi connectivity index (χ3v) is 4.64. The molecule has 0 rings (SSSR count). The minimum absolute atomic E-state index is 0.178. The molecule has 0 aromatic carbocycles. The van der Waals surface area contributed by atoms with E-state index < -0.39 is 5.97 Å². The topological polar surface area (TPSA) is 37.3 Å². The average Bonchev–Trinajstić information content (AvgIpc) is 2.66. The Balaban J connectivity index is 3.68. The number of hydrogen-bond donors (Lipinski definition) is 1. The van der Waals surface area contributed by atoms with Crippen LogP contribution >= 0.6 is 0 Å². The number of carboxylic acid groups (broad SMARTS) is 1. The van der Waals surface area contributed by atoms with Gasteiger partial charge in [0.25, 0.3) is 0 Å². The van der Waals surface area contributed by atoms with E-state index in [4.69, 9.17) is 0 Å². The molecule has 0 amide bonds. The van der Waals surface area contributed by atoms with E-state index >= 15 is 0 Å². The van der Waals surface area contributed by atoms with Crippen LogP contribution < -0.4 is 0 Å². The van der Waals surface area contributed by atoms with Crippen molar-refractivity contribution >= 4 is 5.97 Å². The zero-order chi connectivity index (χ0) is 20.0. The smallest absolute Gasteiger partial charge is 0.306 e. The molecular formula is C25H42O2. The molecule has 0 aliphatic carbocycles. The monoisotopic (exact) mass is 374 g/mol. The van der Waals surface area contributed by atoms with Crippen LogP contribution in [-0.4, -0.2) is 11.1 Å². The number of carbonyl (C=O) groups is 1. The number of aliphatic carboxylic acids is 1. The van der Waals surface area contributed by atoms with Crippen LogP contribution in [0.2, 0.25) is 0 Å². The molecule has 0 aliphatic rings. The van der Waals surface area contributed by atoms with Crippen molar-refractivity contribution in [3.63, 3.8) is 0 Å². The maximum atomic E-state index is 11.2. The fourth-order valence-corrected chi connectivity index (χ4v) is 2.89. The van der Waals surface area contributed by atoms with E-state index in [0.29, 0.717) is 0 Å². The number of carboxylic acids is 1. The van der Waals surface area contributed by atoms with Crippen molar-refractivity contribution in [3.8, 4) is 0 Å². The summed E-state index contributed by atoms with van der Waals surface area (Å²) in [5.41, 5.74) is 0. The van der Waals surface area contributed by atoms with E-state index in [9.17, 15) is 9.90 Å². The van der Waals surface area contributed by atoms with Crippen LogP contribution in [-0.2, 0) is 4.79 Å². The largest absolute Gasteiger partial charge is 0.481 e. The van der Waals surface area contributed by atoms with Gasteiger partial charge < -0.3 is 5.11 Å². The number of rotatable bonds is 18. The molecule has 0 aliphatic heterocycles. The van der Waals surface area contributed by atoms with E-state index in [2.05, 4.69) is 62.5 Å². The Hall–Kier alpha value is -1.57. The van der Waals surface area contributed by atoms with Gasteiger partial charge in [0, 0.05) is 0 Å². The summed E-state index contributed by atoms with van der Waals surface area (Å²) in [5.74, 6) is -0.815. The lowest BCUT2D eigenvalue weighted by Gasteiger charge is -2.10. The van der Waals surface area contributed by atoms with Crippen molar-refractivity contribution in [3.05, 3.63) is 48.6 Å². The molecule has 2 heteroatoms. The molecule has 0 bridgehead atoms. The Morgan fingerprint density at radius 3 is 1.67 bits per heavy atom. The molecule has 0 radical (unpaired) electrons. The molecule has 1 N–H and O–H groups in total. The second kappa shape index (κ2) is 20.7. The molecule has 27 heavy (non-hydrogen) atoms. The van der Waals surface area contributed by atoms with Crippen molar-refractivity contribution in [2.75, 3.05) is 0 Å². The van der Waals surface area contributed by atoms with Crippen molar-refractivity contribution in [2.45, 2.75) is 97.3 Å². The maximum absolute atomic E-state index is 11.2. The van der Waals surface area contributed by atoms with E-state index in [1.54, 1.807) is 0 Å². The van der Waals surface area contributed by atoms with Gasteiger partial charge >= 0.3 is 5.97 Å². The Kier molecular flexibility index (Phi) is 19.5. The third-order valence-electron chi connectivity index (χ3n) is 4.64. The maximum Gasteiger partial charge on any atom is 0.306 e. The highest BCUT2D eigenvalue weighted by molar-refractivity contribution is 5.69. The van der Waals surface area contributed by atoms with Crippen LogP contribution in [0.4, 0.5) is 0 Å². The van der Waals surface area contributed by atoms with Gasteiger partial charge in [0.1, 0.15) is 0 Å². The van der Waals surface area contributed by atoms with Crippen LogP contribution in [0, 0.1) is 5.92 Å². The first-order valence-corrected chi connectivity index (χ1v) is 11.0. The normalized spacial score (nSPS) is 13.6. The van der Waals surface area contributed by atoms with Crippen LogP contribution in [0.3, 0.4) is 0 Å². The summed E-state index contributed by atoms with van der Waals surface area (Å²) in [5, 5.41) is 9.25. The summed E-state index contributed by atoms with van der Waals surface area (Å²) < 4.78 is 0. The summed E-state index contributed by atoms with van der Waals surface area (Å²) >= 11 is 0. The first-order valence-electron chi connectivity index (χ1n) is 11.0. The SMILES string of the molecule is CCCCC/C=C\C/C=C\C/C=C\C/C=C\CCC(CCCCC)C(=O)O. The molecular weight excluding hydrogens is 332 g/mol. The van der Waals surface area contributed by atoms with Gasteiger partial charge in [-0.15, -0.1) is 0 Å². The first-order chi connectivity index (χ1) is 13.2. The van der Waals surface area contributed by atoms with Gasteiger partial charge in [0.05, 0.1) is 5.92 Å². The fourth-order valence-electron chi connectivity index (χ4n) is 2.89. The summed E-state index contributed by atoms with van der Waals surface area (Å²) in [7, 11) is 0. The Labute approximate surface area is 168 Å². The zero-order valence-electron chi connectivity index (χ0n) is 17.7. The van der Waals surface area contributed by atoms with Crippen LogP contribution in [0.15, 0.2) is 48.6 Å². The Morgan fingerprint density at radius 1 is 0.667 bits per heavy atom. The molecule has 1 unspecified atom stereocenters. The average molecular weight is 375 g/mol. The molecule has 0 spiro atoms. The van der Waals surface area contributed by atoms with E-state index in [1.165, 1.54) is 25.7 Å². The van der Waals surface area contributed by atoms with Crippen molar-refractivity contribution in [1.82, 2.24) is 0 Å². The molecule has 0 fully saturated rings. The van der Waals surface area contributed by atoms with Gasteiger partial charge in [-0.25, -0.2) is 0 Å². The Bertz CT molecular complexity index is 443. The predicted octanol–water partition coefficient (Wildman–Crippen LogP) is 8.02. The number of hydrogen-bond acceptors (Lipinski definition) is 1. The lowest BCUT2D eigenvalue weighted by Crippen LogP contribution is -2.13. The lowest BCUT2D eigenvalue weighted by atomic mass is 9.96. The quantitative estimate of drug-likeness (QED) is 0.195. The van der Waals surface area contributed by atoms with Gasteiger partial charge in [0.15, 0.2) is 0 Å². The molecule has 0 heterocycles. The molecule has 0 saturated carbocycles. The molecule has 0 aromatic heterocycles. The Morgan fingerprint density at radius 2 is 1.15 bits per heavy atom. The van der Waals surface area contributed by atoms with E-state index in [0.717, 1.165) is 57.8 Å². The summed E-state index contributed by atoms with van der Waals surface area (Å²) in [6.45, 7) is 4.38. The summed E-state index contributed by atoms with van der Waals surface area (Å²) in [6.07, 6.45) is 31.4. The molecule has 0 saturated heterocycles. The first kappa shape index (κ1) is 25.4. The second-order valence-corrected chi connectivity index (χ2v) is 7.20. The molecule has 1 atom stereocenters. The third kappa shape index (κ3) is 19.0. The van der Waals surface area contributed by atoms with Crippen LogP contribution in [0.25, 0.3) is 0 Å². The lowest BCUT2D eigenvalue weighted by molar-refractivity contribution is -0.142. The second-order valence-electron chi connectivity index (χ2n) is 7.20. The number of allylic oxidation sites excluding steroid dienone is 8. The minimum Gasteiger partial charge on any atom is -0.481 e. The molecule has 2 nitrogen and oxygen atoms in total. The minimum atomic E-state index is -0.637. The van der Waals surface area contributed by atoms with E-state index in [-0.39, 0.29) is 5.92 Å². The van der Waals surface area contributed by atoms with Gasteiger partial charge in [0.2, 0.25) is 0 Å². The fraction of sp³-hybridized carbons (Fsp3) is 0.640. The molecule has 154 valence electrons. The van der Waals surface area contributed by atoms with Crippen molar-refractivity contribution in [1.29, 1.82) is 0 Å². The van der Waals surface area contributed by atoms with Crippen LogP contribution in [0.1, 0.15) is 97.3 Å². The number of unbranched alkanes of at least 4 members (excludes halogenated alkanes) is 5. The van der Waals surface area contributed by atoms with E-state index in [1.807, 2.05) is 0 Å². The van der Waals surface area contributed by atoms with Gasteiger partial charge in [-0.05, 0) is 51.4 Å². The zero-order valence-corrected chi connectivity index (χ0v) is 17.7. The summed E-state index contributed by atoms with van der Waals surface area (Å²) in [4.78, 5) is 11.2.